The first-order valence-electron chi connectivity index (χ1n) is 6.39. The first-order valence-corrected chi connectivity index (χ1v) is 6.39. The molecule has 2 fully saturated rings. The molecule has 2 aliphatic carbocycles. The van der Waals surface area contributed by atoms with E-state index >= 15 is 0 Å². The molecule has 2 nitrogen and oxygen atoms in total. The molecule has 1 aliphatic heterocycles. The maximum absolute atomic E-state index is 5.36. The van der Waals surface area contributed by atoms with Crippen LogP contribution >= 0.6 is 0 Å². The van der Waals surface area contributed by atoms with Crippen LogP contribution in [-0.2, 0) is 4.84 Å². The minimum atomic E-state index is 0.295. The molecule has 4 atom stereocenters. The smallest absolute Gasteiger partial charge is 0.128 e. The first-order chi connectivity index (χ1) is 7.20. The Balaban J connectivity index is 1.87. The van der Waals surface area contributed by atoms with E-state index in [1.54, 1.807) is 0 Å². The molecule has 3 rings (SSSR count). The molecule has 1 heterocycles. The van der Waals surface area contributed by atoms with E-state index in [9.17, 15) is 0 Å². The molecule has 0 aromatic rings. The summed E-state index contributed by atoms with van der Waals surface area (Å²) in [5.41, 5.74) is 1.65. The third-order valence-electron chi connectivity index (χ3n) is 5.01. The highest BCUT2D eigenvalue weighted by atomic mass is 16.6. The summed E-state index contributed by atoms with van der Waals surface area (Å²) >= 11 is 0. The van der Waals surface area contributed by atoms with Crippen LogP contribution in [0.3, 0.4) is 0 Å². The van der Waals surface area contributed by atoms with Crippen molar-refractivity contribution in [2.45, 2.75) is 46.0 Å². The zero-order valence-electron chi connectivity index (χ0n) is 9.83. The largest absolute Gasteiger partial charge is 0.395 e. The zero-order chi connectivity index (χ0) is 10.5. The monoisotopic (exact) mass is 207 g/mol. The Morgan fingerprint density at radius 3 is 3.07 bits per heavy atom. The van der Waals surface area contributed by atoms with E-state index in [1.807, 2.05) is 0 Å². The third kappa shape index (κ3) is 1.33. The first kappa shape index (κ1) is 9.68. The van der Waals surface area contributed by atoms with Crippen molar-refractivity contribution in [3.8, 4) is 0 Å². The minimum absolute atomic E-state index is 0.295. The van der Waals surface area contributed by atoms with Crippen LogP contribution in [0, 0.1) is 23.2 Å². The summed E-state index contributed by atoms with van der Waals surface area (Å²) in [6.07, 6.45) is 6.78. The second-order valence-corrected chi connectivity index (χ2v) is 6.05. The van der Waals surface area contributed by atoms with Crippen molar-refractivity contribution < 1.29 is 4.84 Å². The van der Waals surface area contributed by atoms with Crippen LogP contribution in [0.25, 0.3) is 0 Å². The van der Waals surface area contributed by atoms with Crippen LogP contribution in [0.4, 0.5) is 0 Å². The molecule has 84 valence electrons. The van der Waals surface area contributed by atoms with Gasteiger partial charge in [0.25, 0.3) is 0 Å². The molecular weight excluding hydrogens is 186 g/mol. The van der Waals surface area contributed by atoms with Gasteiger partial charge in [0.1, 0.15) is 6.61 Å². The van der Waals surface area contributed by atoms with Gasteiger partial charge in [-0.15, -0.1) is 0 Å². The predicted octanol–water partition coefficient (Wildman–Crippen LogP) is 3.23. The quantitative estimate of drug-likeness (QED) is 0.597. The van der Waals surface area contributed by atoms with Crippen LogP contribution < -0.4 is 0 Å². The highest BCUT2D eigenvalue weighted by Crippen LogP contribution is 2.52. The normalized spacial score (nSPS) is 48.9. The summed E-state index contributed by atoms with van der Waals surface area (Å²) in [4.78, 5) is 5.36. The molecule has 15 heavy (non-hydrogen) atoms. The average molecular weight is 207 g/mol. The number of nitrogens with zero attached hydrogens (tertiary/aromatic N) is 1. The van der Waals surface area contributed by atoms with Crippen LogP contribution in [0.1, 0.15) is 46.0 Å². The lowest BCUT2D eigenvalue weighted by atomic mass is 9.56. The molecular formula is C13H21NO. The van der Waals surface area contributed by atoms with Crippen molar-refractivity contribution >= 4 is 5.71 Å². The lowest BCUT2D eigenvalue weighted by molar-refractivity contribution is 0.0368. The number of hydrogen-bond acceptors (Lipinski definition) is 2. The van der Waals surface area contributed by atoms with Gasteiger partial charge in [0.15, 0.2) is 0 Å². The van der Waals surface area contributed by atoms with E-state index in [0.717, 1.165) is 24.4 Å². The standard InChI is InChI=1S/C13H21NO/c1-9-3-5-11-10(7-9)4-6-12-13(11,2)8-15-14-12/h9-11H,3-8H2,1-2H3/t9-,10-,11-,13+/m0/s1. The topological polar surface area (TPSA) is 21.6 Å². The van der Waals surface area contributed by atoms with Gasteiger partial charge in [0.2, 0.25) is 0 Å². The van der Waals surface area contributed by atoms with Crippen LogP contribution in [0.15, 0.2) is 5.16 Å². The summed E-state index contributed by atoms with van der Waals surface area (Å²) in [5, 5.41) is 4.26. The van der Waals surface area contributed by atoms with Crippen LogP contribution in [0.5, 0.6) is 0 Å². The molecule has 0 aromatic heterocycles. The minimum Gasteiger partial charge on any atom is -0.395 e. The van der Waals surface area contributed by atoms with Gasteiger partial charge in [-0.25, -0.2) is 0 Å². The summed E-state index contributed by atoms with van der Waals surface area (Å²) < 4.78 is 0. The maximum atomic E-state index is 5.36. The van der Waals surface area contributed by atoms with Crippen LogP contribution in [0.2, 0.25) is 0 Å². The van der Waals surface area contributed by atoms with Crippen molar-refractivity contribution in [3.63, 3.8) is 0 Å². The van der Waals surface area contributed by atoms with E-state index in [1.165, 1.54) is 37.8 Å². The highest BCUT2D eigenvalue weighted by Gasteiger charge is 2.50. The Morgan fingerprint density at radius 2 is 2.20 bits per heavy atom. The molecule has 0 unspecified atom stereocenters. The Hall–Kier alpha value is -0.530. The zero-order valence-corrected chi connectivity index (χ0v) is 9.83. The van der Waals surface area contributed by atoms with Crippen molar-refractivity contribution in [3.05, 3.63) is 0 Å². The molecule has 0 bridgehead atoms. The van der Waals surface area contributed by atoms with E-state index in [2.05, 4.69) is 19.0 Å². The molecule has 2 saturated carbocycles. The summed E-state index contributed by atoms with van der Waals surface area (Å²) in [6.45, 7) is 5.64. The van der Waals surface area contributed by atoms with Gasteiger partial charge in [0, 0.05) is 5.41 Å². The van der Waals surface area contributed by atoms with Crippen molar-refractivity contribution in [1.82, 2.24) is 0 Å². The van der Waals surface area contributed by atoms with Crippen LogP contribution in [-0.4, -0.2) is 12.3 Å². The number of hydrogen-bond donors (Lipinski definition) is 0. The molecule has 0 spiro atoms. The van der Waals surface area contributed by atoms with Gasteiger partial charge in [0.05, 0.1) is 5.71 Å². The highest BCUT2D eigenvalue weighted by molar-refractivity contribution is 5.91. The second-order valence-electron chi connectivity index (χ2n) is 6.05. The Kier molecular flexibility index (Phi) is 2.08. The fourth-order valence-corrected chi connectivity index (χ4v) is 4.06. The summed E-state index contributed by atoms with van der Waals surface area (Å²) in [6, 6.07) is 0. The fourth-order valence-electron chi connectivity index (χ4n) is 4.06. The second kappa shape index (κ2) is 3.23. The Bertz CT molecular complexity index is 299. The van der Waals surface area contributed by atoms with E-state index in [0.29, 0.717) is 5.41 Å². The lowest BCUT2D eigenvalue weighted by Crippen LogP contribution is -2.46. The van der Waals surface area contributed by atoms with Gasteiger partial charge < -0.3 is 4.84 Å². The number of fused-ring (bicyclic) bond motifs is 3. The number of oxime groups is 1. The number of rotatable bonds is 0. The van der Waals surface area contributed by atoms with Crippen molar-refractivity contribution in [2.75, 3.05) is 6.61 Å². The molecule has 0 radical (unpaired) electrons. The fraction of sp³-hybridized carbons (Fsp3) is 0.923. The Labute approximate surface area is 92.1 Å². The van der Waals surface area contributed by atoms with Gasteiger partial charge in [-0.2, -0.15) is 0 Å². The maximum Gasteiger partial charge on any atom is 0.128 e. The summed E-state index contributed by atoms with van der Waals surface area (Å²) in [5.74, 6) is 2.73. The SMILES string of the molecule is C[C@H]1CC[C@H]2[C@@H](CCC3=NOC[C@@]32C)C1. The predicted molar refractivity (Wildman–Crippen MR) is 60.7 cm³/mol. The molecule has 0 aromatic carbocycles. The molecule has 2 heteroatoms. The Morgan fingerprint density at radius 1 is 1.33 bits per heavy atom. The lowest BCUT2D eigenvalue weighted by Gasteiger charge is -2.47. The third-order valence-corrected chi connectivity index (χ3v) is 5.01. The van der Waals surface area contributed by atoms with E-state index < -0.39 is 0 Å². The van der Waals surface area contributed by atoms with Gasteiger partial charge >= 0.3 is 0 Å². The average Bonchev–Trinajstić information content (AvgIpc) is 2.59. The summed E-state index contributed by atoms with van der Waals surface area (Å²) in [7, 11) is 0. The molecule has 0 N–H and O–H groups in total. The van der Waals surface area contributed by atoms with E-state index in [4.69, 9.17) is 4.84 Å². The van der Waals surface area contributed by atoms with Crippen molar-refractivity contribution in [1.29, 1.82) is 0 Å². The molecule has 0 amide bonds. The molecule has 0 saturated heterocycles. The van der Waals surface area contributed by atoms with Crippen molar-refractivity contribution in [2.24, 2.45) is 28.3 Å². The van der Waals surface area contributed by atoms with Gasteiger partial charge in [-0.05, 0) is 43.4 Å². The van der Waals surface area contributed by atoms with E-state index in [-0.39, 0.29) is 0 Å². The van der Waals surface area contributed by atoms with Gasteiger partial charge in [-0.3, -0.25) is 0 Å². The molecule has 3 aliphatic rings. The van der Waals surface area contributed by atoms with Gasteiger partial charge in [-0.1, -0.05) is 25.4 Å².